The maximum Gasteiger partial charge on any atom is 0.353 e. The van der Waals surface area contributed by atoms with Crippen LogP contribution < -0.4 is 16.4 Å². The summed E-state index contributed by atoms with van der Waals surface area (Å²) in [7, 11) is 1.16. The second-order valence-corrected chi connectivity index (χ2v) is 9.17. The Hall–Kier alpha value is -3.05. The molecule has 208 valence electrons. The largest absolute Gasteiger partial charge is 0.464 e. The fraction of sp³-hybridized carbons (Fsp3) is 0.577. The van der Waals surface area contributed by atoms with Crippen LogP contribution in [0.2, 0.25) is 0 Å². The van der Waals surface area contributed by atoms with Crippen molar-refractivity contribution in [2.45, 2.75) is 72.1 Å². The van der Waals surface area contributed by atoms with E-state index >= 15 is 0 Å². The molecule has 0 unspecified atom stereocenters. The van der Waals surface area contributed by atoms with Crippen LogP contribution in [-0.2, 0) is 30.3 Å². The maximum atomic E-state index is 11.9. The van der Waals surface area contributed by atoms with Crippen LogP contribution in [0.15, 0.2) is 29.9 Å². The zero-order valence-electron chi connectivity index (χ0n) is 22.5. The van der Waals surface area contributed by atoms with Crippen LogP contribution in [0, 0.1) is 5.92 Å². The van der Waals surface area contributed by atoms with Crippen molar-refractivity contribution >= 4 is 35.0 Å². The number of hydrogen-bond acceptors (Lipinski definition) is 8. The van der Waals surface area contributed by atoms with E-state index < -0.39 is 17.8 Å². The minimum atomic E-state index is -0.781. The third-order valence-electron chi connectivity index (χ3n) is 5.06. The summed E-state index contributed by atoms with van der Waals surface area (Å²) >= 11 is 1.38. The average molecular weight is 539 g/mol. The number of amides is 3. The predicted octanol–water partition coefficient (Wildman–Crippen LogP) is 3.63. The van der Waals surface area contributed by atoms with Gasteiger partial charge in [-0.15, -0.1) is 11.3 Å². The van der Waals surface area contributed by atoms with Gasteiger partial charge in [-0.2, -0.15) is 0 Å². The number of aryl methyl sites for hydroxylation is 1. The molecule has 3 amide bonds. The van der Waals surface area contributed by atoms with Crippen molar-refractivity contribution < 1.29 is 28.7 Å². The van der Waals surface area contributed by atoms with E-state index in [1.165, 1.54) is 37.0 Å². The van der Waals surface area contributed by atoms with E-state index in [4.69, 9.17) is 10.5 Å². The molecule has 1 aromatic heterocycles. The van der Waals surface area contributed by atoms with Crippen molar-refractivity contribution in [2.24, 2.45) is 11.7 Å². The molecule has 1 fully saturated rings. The first-order chi connectivity index (χ1) is 17.6. The summed E-state index contributed by atoms with van der Waals surface area (Å²) in [4.78, 5) is 49.5. The van der Waals surface area contributed by atoms with E-state index in [0.717, 1.165) is 37.8 Å². The lowest BCUT2D eigenvalue weighted by atomic mass is 10.0. The first-order valence-electron chi connectivity index (χ1n) is 12.5. The molecular weight excluding hydrogens is 496 g/mol. The van der Waals surface area contributed by atoms with Gasteiger partial charge in [-0.3, -0.25) is 14.4 Å². The highest BCUT2D eigenvalue weighted by Gasteiger charge is 2.18. The zero-order chi connectivity index (χ0) is 28.2. The number of carbonyl (C=O) groups is 4. The molecule has 10 nitrogen and oxygen atoms in total. The third kappa shape index (κ3) is 14.9. The molecule has 0 bridgehead atoms. The zero-order valence-corrected chi connectivity index (χ0v) is 23.3. The van der Waals surface area contributed by atoms with Crippen molar-refractivity contribution in [3.05, 3.63) is 40.6 Å². The van der Waals surface area contributed by atoms with Crippen LogP contribution >= 0.6 is 11.3 Å². The van der Waals surface area contributed by atoms with Crippen LogP contribution in [0.25, 0.3) is 0 Å². The number of thiazole rings is 1. The summed E-state index contributed by atoms with van der Waals surface area (Å²) in [6.07, 6.45) is 8.86. The smallest absolute Gasteiger partial charge is 0.353 e. The highest BCUT2D eigenvalue weighted by atomic mass is 32.1. The summed E-state index contributed by atoms with van der Waals surface area (Å²) in [5.41, 5.74) is 4.82. The third-order valence-corrected chi connectivity index (χ3v) is 5.97. The Labute approximate surface area is 224 Å². The molecule has 1 aliphatic rings. The van der Waals surface area contributed by atoms with Crippen molar-refractivity contribution in [3.8, 4) is 0 Å². The number of unbranched alkanes of at least 4 members (excludes halogenated alkanes) is 3. The first kappa shape index (κ1) is 34.0. The van der Waals surface area contributed by atoms with Gasteiger partial charge in [-0.05, 0) is 25.7 Å². The quantitative estimate of drug-likeness (QED) is 0.221. The minimum Gasteiger partial charge on any atom is -0.464 e. The number of esters is 1. The Bertz CT molecular complexity index is 889. The maximum absolute atomic E-state index is 11.9. The van der Waals surface area contributed by atoms with Crippen LogP contribution in [0.5, 0.6) is 0 Å². The number of nitrogens with one attached hydrogen (secondary N) is 2. The van der Waals surface area contributed by atoms with Gasteiger partial charge in [0.15, 0.2) is 0 Å². The van der Waals surface area contributed by atoms with E-state index in [2.05, 4.69) is 47.4 Å². The lowest BCUT2D eigenvalue weighted by molar-refractivity contribution is -0.137. The van der Waals surface area contributed by atoms with E-state index in [-0.39, 0.29) is 28.9 Å². The molecule has 37 heavy (non-hydrogen) atoms. The first-order valence-corrected chi connectivity index (χ1v) is 13.4. The van der Waals surface area contributed by atoms with Crippen molar-refractivity contribution in [2.75, 3.05) is 20.3 Å². The van der Waals surface area contributed by atoms with Crippen molar-refractivity contribution in [3.63, 3.8) is 0 Å². The fourth-order valence-corrected chi connectivity index (χ4v) is 3.75. The monoisotopic (exact) mass is 538 g/mol. The standard InChI is InChI=1S/C14H17N3O4S.C6H11NO2.C6H14/c1-5-6-11-17-10(7-22-11)13(19)15-8(2)12(18)16-9(3)14(20)21-4;7-6(8)5-1-3-9-4-2-5;1-3-5-6-4-2/h7H,2-3,5-6H2,1,4H3,(H,15,19)(H,16,18);5H,1-4H2,(H2,7,8);3-6H2,1-2H3. The van der Waals surface area contributed by atoms with Gasteiger partial charge >= 0.3 is 5.97 Å². The summed E-state index contributed by atoms with van der Waals surface area (Å²) in [5, 5.41) is 6.95. The van der Waals surface area contributed by atoms with E-state index in [1.54, 1.807) is 5.38 Å². The van der Waals surface area contributed by atoms with Gasteiger partial charge in [0, 0.05) is 24.5 Å². The lowest BCUT2D eigenvalue weighted by Gasteiger charge is -2.18. The summed E-state index contributed by atoms with van der Waals surface area (Å²) in [6.45, 7) is 14.6. The normalized spacial score (nSPS) is 12.5. The number of nitrogens with two attached hydrogens (primary N) is 1. The van der Waals surface area contributed by atoms with E-state index in [0.29, 0.717) is 13.2 Å². The van der Waals surface area contributed by atoms with E-state index in [1.807, 2.05) is 6.92 Å². The van der Waals surface area contributed by atoms with Gasteiger partial charge in [0.2, 0.25) is 5.91 Å². The van der Waals surface area contributed by atoms with Crippen LogP contribution in [0.4, 0.5) is 0 Å². The molecule has 0 spiro atoms. The van der Waals surface area contributed by atoms with Gasteiger partial charge in [0.05, 0.1) is 17.8 Å². The Kier molecular flexibility index (Phi) is 18.4. The molecular formula is C26H42N4O6S. The number of hydrogen-bond donors (Lipinski definition) is 3. The van der Waals surface area contributed by atoms with Crippen LogP contribution in [0.3, 0.4) is 0 Å². The molecule has 4 N–H and O–H groups in total. The summed E-state index contributed by atoms with van der Waals surface area (Å²) in [6, 6.07) is 0. The number of rotatable bonds is 11. The van der Waals surface area contributed by atoms with Crippen LogP contribution in [-0.4, -0.2) is 49.0 Å². The molecule has 0 radical (unpaired) electrons. The molecule has 11 heteroatoms. The average Bonchev–Trinajstić information content (AvgIpc) is 3.37. The van der Waals surface area contributed by atoms with Crippen molar-refractivity contribution in [1.29, 1.82) is 0 Å². The number of nitrogens with zero attached hydrogens (tertiary/aromatic N) is 1. The lowest BCUT2D eigenvalue weighted by Crippen LogP contribution is -2.35. The SMILES string of the molecule is C=C(NC(=O)c1csc(CCC)n1)C(=O)NC(=C)C(=O)OC.CCCCCC.NC(=O)C1CCOCC1. The predicted molar refractivity (Wildman–Crippen MR) is 145 cm³/mol. The number of aromatic nitrogens is 1. The van der Waals surface area contributed by atoms with Gasteiger partial charge in [-0.1, -0.05) is 59.6 Å². The molecule has 0 aromatic carbocycles. The second-order valence-electron chi connectivity index (χ2n) is 8.23. The van der Waals surface area contributed by atoms with Crippen LogP contribution in [0.1, 0.15) is 81.2 Å². The Morgan fingerprint density at radius 2 is 1.65 bits per heavy atom. The molecule has 2 rings (SSSR count). The van der Waals surface area contributed by atoms with Gasteiger partial charge in [-0.25, -0.2) is 9.78 Å². The fourth-order valence-electron chi connectivity index (χ4n) is 2.87. The summed E-state index contributed by atoms with van der Waals surface area (Å²) in [5.74, 6) is -2.19. The van der Waals surface area contributed by atoms with Gasteiger partial charge < -0.3 is 25.8 Å². The number of primary amides is 1. The Morgan fingerprint density at radius 1 is 1.05 bits per heavy atom. The molecule has 1 aliphatic heterocycles. The highest BCUT2D eigenvalue weighted by molar-refractivity contribution is 7.09. The molecule has 0 aliphatic carbocycles. The number of methoxy groups -OCH3 is 1. The number of carbonyl (C=O) groups excluding carboxylic acids is 4. The topological polar surface area (TPSA) is 150 Å². The molecule has 0 saturated carbocycles. The highest BCUT2D eigenvalue weighted by Crippen LogP contribution is 2.13. The summed E-state index contributed by atoms with van der Waals surface area (Å²) < 4.78 is 9.43. The number of ether oxygens (including phenoxy) is 2. The molecule has 1 aromatic rings. The Morgan fingerprint density at radius 3 is 2.11 bits per heavy atom. The molecule has 1 saturated heterocycles. The molecule has 2 heterocycles. The van der Waals surface area contributed by atoms with Gasteiger partial charge in [0.25, 0.3) is 11.8 Å². The molecule has 0 atom stereocenters. The van der Waals surface area contributed by atoms with E-state index in [9.17, 15) is 19.2 Å². The van der Waals surface area contributed by atoms with Gasteiger partial charge in [0.1, 0.15) is 11.4 Å². The second kappa shape index (κ2) is 20.1. The van der Waals surface area contributed by atoms with Crippen molar-refractivity contribution in [1.82, 2.24) is 15.6 Å². The Balaban J connectivity index is 0.000000702. The minimum absolute atomic E-state index is 0.0683.